The van der Waals surface area contributed by atoms with Gasteiger partial charge in [-0.05, 0) is 18.6 Å². The maximum absolute atomic E-state index is 5.83. The Morgan fingerprint density at radius 1 is 1.16 bits per heavy atom. The maximum atomic E-state index is 5.83. The lowest BCUT2D eigenvalue weighted by atomic mass is 10.0. The van der Waals surface area contributed by atoms with Crippen molar-refractivity contribution >= 4 is 11.6 Å². The third kappa shape index (κ3) is 6.90. The first kappa shape index (κ1) is 16.4. The van der Waals surface area contributed by atoms with E-state index in [2.05, 4.69) is 17.3 Å². The largest absolute Gasteiger partial charge is 0.271 e. The smallest absolute Gasteiger partial charge is 0.0632 e. The summed E-state index contributed by atoms with van der Waals surface area (Å²) in [6.45, 7) is 2.25. The highest BCUT2D eigenvalue weighted by Gasteiger charge is 2.10. The van der Waals surface area contributed by atoms with Crippen LogP contribution in [-0.4, -0.2) is 4.98 Å². The Bertz CT molecular complexity index is 327. The first-order chi connectivity index (χ1) is 9.27. The van der Waals surface area contributed by atoms with Crippen LogP contribution in [0.5, 0.6) is 0 Å². The number of halogens is 1. The van der Waals surface area contributed by atoms with Crippen LogP contribution in [0, 0.1) is 0 Å². The average Bonchev–Trinajstić information content (AvgIpc) is 2.43. The molecule has 1 rings (SSSR count). The van der Waals surface area contributed by atoms with Crippen LogP contribution < -0.4 is 11.3 Å². The Morgan fingerprint density at radius 3 is 2.42 bits per heavy atom. The van der Waals surface area contributed by atoms with Gasteiger partial charge >= 0.3 is 0 Å². The molecule has 0 fully saturated rings. The Kier molecular flexibility index (Phi) is 8.80. The molecule has 1 heterocycles. The minimum atomic E-state index is 0.132. The molecule has 0 saturated heterocycles. The number of nitrogens with zero attached hydrogens (tertiary/aromatic N) is 1. The molecule has 1 aromatic heterocycles. The summed E-state index contributed by atoms with van der Waals surface area (Å²) in [5, 5.41) is 0.662. The fourth-order valence-electron chi connectivity index (χ4n) is 2.22. The number of nitrogens with one attached hydrogen (secondary N) is 1. The van der Waals surface area contributed by atoms with E-state index in [0.29, 0.717) is 5.02 Å². The second-order valence-corrected chi connectivity index (χ2v) is 5.47. The zero-order valence-electron chi connectivity index (χ0n) is 11.9. The monoisotopic (exact) mass is 283 g/mol. The fourth-order valence-corrected chi connectivity index (χ4v) is 2.33. The van der Waals surface area contributed by atoms with Crippen LogP contribution in [0.2, 0.25) is 5.02 Å². The quantitative estimate of drug-likeness (QED) is 0.381. The van der Waals surface area contributed by atoms with Crippen LogP contribution in [0.1, 0.15) is 70.0 Å². The minimum absolute atomic E-state index is 0.132. The molecule has 0 radical (unpaired) electrons. The molecule has 0 saturated carbocycles. The molecule has 0 aliphatic rings. The van der Waals surface area contributed by atoms with Crippen molar-refractivity contribution in [1.82, 2.24) is 10.4 Å². The SMILES string of the molecule is CCCCCCCCCC(NN)c1ccc(Cl)cn1. The Morgan fingerprint density at radius 2 is 1.84 bits per heavy atom. The molecule has 0 aromatic carbocycles. The Labute approximate surface area is 121 Å². The van der Waals surface area contributed by atoms with Gasteiger partial charge in [0.1, 0.15) is 0 Å². The van der Waals surface area contributed by atoms with Gasteiger partial charge in [0, 0.05) is 6.20 Å². The number of hydrogen-bond donors (Lipinski definition) is 2. The number of pyridine rings is 1. The van der Waals surface area contributed by atoms with Gasteiger partial charge in [-0.1, -0.05) is 63.5 Å². The number of nitrogens with two attached hydrogens (primary N) is 1. The highest BCUT2D eigenvalue weighted by Crippen LogP contribution is 2.19. The van der Waals surface area contributed by atoms with Crippen molar-refractivity contribution in [1.29, 1.82) is 0 Å². The summed E-state index contributed by atoms with van der Waals surface area (Å²) in [6.07, 6.45) is 11.9. The summed E-state index contributed by atoms with van der Waals surface area (Å²) < 4.78 is 0. The number of rotatable bonds is 10. The first-order valence-corrected chi connectivity index (χ1v) is 7.73. The molecule has 3 nitrogen and oxygen atoms in total. The van der Waals surface area contributed by atoms with Gasteiger partial charge < -0.3 is 0 Å². The molecule has 0 bridgehead atoms. The van der Waals surface area contributed by atoms with Gasteiger partial charge in [0.25, 0.3) is 0 Å². The van der Waals surface area contributed by atoms with Gasteiger partial charge in [-0.3, -0.25) is 16.3 Å². The van der Waals surface area contributed by atoms with Gasteiger partial charge in [-0.2, -0.15) is 0 Å². The van der Waals surface area contributed by atoms with E-state index in [-0.39, 0.29) is 6.04 Å². The number of unbranched alkanes of at least 4 members (excludes halogenated alkanes) is 6. The van der Waals surface area contributed by atoms with E-state index in [9.17, 15) is 0 Å². The van der Waals surface area contributed by atoms with Gasteiger partial charge in [-0.15, -0.1) is 0 Å². The minimum Gasteiger partial charge on any atom is -0.271 e. The van der Waals surface area contributed by atoms with Crippen molar-refractivity contribution in [3.8, 4) is 0 Å². The van der Waals surface area contributed by atoms with Gasteiger partial charge in [0.2, 0.25) is 0 Å². The zero-order valence-corrected chi connectivity index (χ0v) is 12.6. The van der Waals surface area contributed by atoms with Gasteiger partial charge in [-0.25, -0.2) is 0 Å². The average molecular weight is 284 g/mol. The van der Waals surface area contributed by atoms with E-state index in [1.54, 1.807) is 6.20 Å². The highest BCUT2D eigenvalue weighted by atomic mass is 35.5. The molecule has 1 aromatic rings. The second kappa shape index (κ2) is 10.2. The molecular formula is C15H26ClN3. The second-order valence-electron chi connectivity index (χ2n) is 5.03. The van der Waals surface area contributed by atoms with Crippen molar-refractivity contribution in [3.05, 3.63) is 29.0 Å². The molecule has 4 heteroatoms. The maximum Gasteiger partial charge on any atom is 0.0632 e. The first-order valence-electron chi connectivity index (χ1n) is 7.35. The molecule has 1 unspecified atom stereocenters. The third-order valence-corrected chi connectivity index (χ3v) is 3.63. The third-order valence-electron chi connectivity index (χ3n) is 3.40. The lowest BCUT2D eigenvalue weighted by Gasteiger charge is -2.15. The number of hydrazine groups is 1. The normalized spacial score (nSPS) is 12.6. The molecule has 0 amide bonds. The summed E-state index contributed by atoms with van der Waals surface area (Å²) in [7, 11) is 0. The van der Waals surface area contributed by atoms with Crippen molar-refractivity contribution in [2.24, 2.45) is 5.84 Å². The van der Waals surface area contributed by atoms with Crippen LogP contribution >= 0.6 is 11.6 Å². The molecule has 19 heavy (non-hydrogen) atoms. The molecule has 1 atom stereocenters. The highest BCUT2D eigenvalue weighted by molar-refractivity contribution is 6.30. The summed E-state index contributed by atoms with van der Waals surface area (Å²) in [5.74, 6) is 5.60. The van der Waals surface area contributed by atoms with E-state index in [0.717, 1.165) is 12.1 Å². The van der Waals surface area contributed by atoms with Crippen LogP contribution in [0.25, 0.3) is 0 Å². The summed E-state index contributed by atoms with van der Waals surface area (Å²) in [6, 6.07) is 3.93. The number of aromatic nitrogens is 1. The van der Waals surface area contributed by atoms with E-state index >= 15 is 0 Å². The molecular weight excluding hydrogens is 258 g/mol. The lowest BCUT2D eigenvalue weighted by molar-refractivity contribution is 0.467. The van der Waals surface area contributed by atoms with E-state index < -0.39 is 0 Å². The summed E-state index contributed by atoms with van der Waals surface area (Å²) in [5.41, 5.74) is 3.81. The van der Waals surface area contributed by atoms with Crippen molar-refractivity contribution < 1.29 is 0 Å². The van der Waals surface area contributed by atoms with Gasteiger partial charge in [0.15, 0.2) is 0 Å². The number of hydrogen-bond acceptors (Lipinski definition) is 3. The Hall–Kier alpha value is -0.640. The van der Waals surface area contributed by atoms with Crippen molar-refractivity contribution in [3.63, 3.8) is 0 Å². The topological polar surface area (TPSA) is 50.9 Å². The lowest BCUT2D eigenvalue weighted by Crippen LogP contribution is -2.28. The Balaban J connectivity index is 2.20. The fraction of sp³-hybridized carbons (Fsp3) is 0.667. The molecule has 108 valence electrons. The molecule has 0 aliphatic carbocycles. The summed E-state index contributed by atoms with van der Waals surface area (Å²) >= 11 is 5.83. The predicted octanol–water partition coefficient (Wildman–Crippen LogP) is 4.38. The van der Waals surface area contributed by atoms with E-state index in [1.807, 2.05) is 12.1 Å². The van der Waals surface area contributed by atoms with Gasteiger partial charge in [0.05, 0.1) is 16.8 Å². The van der Waals surface area contributed by atoms with Crippen LogP contribution in [0.4, 0.5) is 0 Å². The zero-order chi connectivity index (χ0) is 13.9. The van der Waals surface area contributed by atoms with Crippen molar-refractivity contribution in [2.45, 2.75) is 64.3 Å². The molecule has 3 N–H and O–H groups in total. The van der Waals surface area contributed by atoms with E-state index in [1.165, 1.54) is 44.9 Å². The van der Waals surface area contributed by atoms with Crippen LogP contribution in [0.15, 0.2) is 18.3 Å². The molecule has 0 spiro atoms. The summed E-state index contributed by atoms with van der Waals surface area (Å²) in [4.78, 5) is 4.31. The van der Waals surface area contributed by atoms with Crippen LogP contribution in [-0.2, 0) is 0 Å². The van der Waals surface area contributed by atoms with Crippen LogP contribution in [0.3, 0.4) is 0 Å². The van der Waals surface area contributed by atoms with E-state index in [4.69, 9.17) is 17.4 Å². The standard InChI is InChI=1S/C15H26ClN3/c1-2-3-4-5-6-7-8-9-15(19-17)14-11-10-13(16)12-18-14/h10-12,15,19H,2-9,17H2,1H3. The molecule has 0 aliphatic heterocycles. The van der Waals surface area contributed by atoms with Crippen molar-refractivity contribution in [2.75, 3.05) is 0 Å². The predicted molar refractivity (Wildman–Crippen MR) is 81.9 cm³/mol.